The minimum atomic E-state index is -0.850. The van der Waals surface area contributed by atoms with Crippen LogP contribution in [0.1, 0.15) is 18.9 Å². The number of carboxylic acid groups (broad SMARTS) is 1. The van der Waals surface area contributed by atoms with E-state index in [1.165, 1.54) is 4.90 Å². The summed E-state index contributed by atoms with van der Waals surface area (Å²) >= 11 is 0. The highest BCUT2D eigenvalue weighted by atomic mass is 16.6. The van der Waals surface area contributed by atoms with Crippen molar-refractivity contribution in [1.29, 1.82) is 0 Å². The third-order valence-corrected chi connectivity index (χ3v) is 3.47. The number of nitrogens with zero attached hydrogens (tertiary/aromatic N) is 1. The van der Waals surface area contributed by atoms with Crippen LogP contribution >= 0.6 is 0 Å². The molecule has 2 atom stereocenters. The fraction of sp³-hybridized carbons (Fsp3) is 0.467. The number of carbonyl (C=O) groups excluding carboxylic acids is 1. The van der Waals surface area contributed by atoms with Crippen molar-refractivity contribution in [2.24, 2.45) is 11.8 Å². The van der Waals surface area contributed by atoms with Crippen LogP contribution in [0.5, 0.6) is 0 Å². The Balaban J connectivity index is 1.90. The van der Waals surface area contributed by atoms with Crippen LogP contribution in [-0.4, -0.2) is 35.2 Å². The van der Waals surface area contributed by atoms with E-state index in [9.17, 15) is 9.59 Å². The number of hydrogen-bond acceptors (Lipinski definition) is 3. The fourth-order valence-corrected chi connectivity index (χ4v) is 2.49. The zero-order valence-electron chi connectivity index (χ0n) is 11.5. The van der Waals surface area contributed by atoms with E-state index in [2.05, 4.69) is 0 Å². The van der Waals surface area contributed by atoms with Gasteiger partial charge in [-0.15, -0.1) is 0 Å². The van der Waals surface area contributed by atoms with Crippen molar-refractivity contribution < 1.29 is 19.4 Å². The first-order valence-electron chi connectivity index (χ1n) is 6.74. The lowest BCUT2D eigenvalue weighted by Crippen LogP contribution is -2.45. The molecule has 1 heterocycles. The minimum Gasteiger partial charge on any atom is -0.481 e. The third kappa shape index (κ3) is 3.73. The standard InChI is InChI=1S/C15H19NO4/c1-11-7-13(14(17)18)9-16(8-11)15(19)20-10-12-5-3-2-4-6-12/h2-6,11,13H,7-10H2,1H3,(H,17,18)/t11-,13-/m1/s1. The van der Waals surface area contributed by atoms with Crippen molar-refractivity contribution in [3.63, 3.8) is 0 Å². The third-order valence-electron chi connectivity index (χ3n) is 3.47. The molecule has 2 rings (SSSR count). The van der Waals surface area contributed by atoms with Gasteiger partial charge in [0, 0.05) is 13.1 Å². The molecule has 0 saturated carbocycles. The van der Waals surface area contributed by atoms with Crippen molar-refractivity contribution in [1.82, 2.24) is 4.90 Å². The second-order valence-corrected chi connectivity index (χ2v) is 5.32. The van der Waals surface area contributed by atoms with Crippen molar-refractivity contribution in [3.05, 3.63) is 35.9 Å². The van der Waals surface area contributed by atoms with Crippen molar-refractivity contribution in [3.8, 4) is 0 Å². The maximum absolute atomic E-state index is 12.0. The van der Waals surface area contributed by atoms with E-state index in [4.69, 9.17) is 9.84 Å². The molecule has 5 heteroatoms. The van der Waals surface area contributed by atoms with Gasteiger partial charge in [-0.1, -0.05) is 37.3 Å². The van der Waals surface area contributed by atoms with Crippen LogP contribution in [0.15, 0.2) is 30.3 Å². The molecule has 1 N–H and O–H groups in total. The van der Waals surface area contributed by atoms with E-state index < -0.39 is 18.0 Å². The Morgan fingerprint density at radius 2 is 2.00 bits per heavy atom. The maximum Gasteiger partial charge on any atom is 0.410 e. The Labute approximate surface area is 118 Å². The zero-order valence-corrected chi connectivity index (χ0v) is 11.5. The summed E-state index contributed by atoms with van der Waals surface area (Å²) in [7, 11) is 0. The molecule has 20 heavy (non-hydrogen) atoms. The Morgan fingerprint density at radius 3 is 2.65 bits per heavy atom. The molecule has 0 aromatic heterocycles. The first-order chi connectivity index (χ1) is 9.56. The minimum absolute atomic E-state index is 0.175. The van der Waals surface area contributed by atoms with Crippen LogP contribution in [0.25, 0.3) is 0 Å². The Hall–Kier alpha value is -2.04. The summed E-state index contributed by atoms with van der Waals surface area (Å²) in [6.07, 6.45) is 0.171. The number of aliphatic carboxylic acids is 1. The van der Waals surface area contributed by atoms with Gasteiger partial charge in [0.05, 0.1) is 5.92 Å². The molecule has 1 aliphatic heterocycles. The summed E-state index contributed by atoms with van der Waals surface area (Å²) < 4.78 is 5.24. The average Bonchev–Trinajstić information content (AvgIpc) is 2.45. The molecule has 1 aromatic rings. The lowest BCUT2D eigenvalue weighted by atomic mass is 9.91. The van der Waals surface area contributed by atoms with Gasteiger partial charge >= 0.3 is 12.1 Å². The highest BCUT2D eigenvalue weighted by molar-refractivity contribution is 5.73. The van der Waals surface area contributed by atoms with Gasteiger partial charge in [0.25, 0.3) is 0 Å². The molecule has 1 aliphatic rings. The molecule has 0 unspecified atom stereocenters. The first kappa shape index (κ1) is 14.4. The number of amides is 1. The van der Waals surface area contributed by atoms with Crippen LogP contribution in [0.4, 0.5) is 4.79 Å². The van der Waals surface area contributed by atoms with E-state index >= 15 is 0 Å². The summed E-state index contributed by atoms with van der Waals surface area (Å²) in [6.45, 7) is 2.94. The van der Waals surface area contributed by atoms with Gasteiger partial charge in [-0.05, 0) is 17.9 Å². The van der Waals surface area contributed by atoms with E-state index in [1.54, 1.807) is 0 Å². The lowest BCUT2D eigenvalue weighted by molar-refractivity contribution is -0.144. The van der Waals surface area contributed by atoms with E-state index in [0.29, 0.717) is 13.0 Å². The highest BCUT2D eigenvalue weighted by Gasteiger charge is 2.32. The predicted molar refractivity (Wildman–Crippen MR) is 73.1 cm³/mol. The quantitative estimate of drug-likeness (QED) is 0.921. The van der Waals surface area contributed by atoms with Gasteiger partial charge in [-0.3, -0.25) is 4.79 Å². The fourth-order valence-electron chi connectivity index (χ4n) is 2.49. The number of ether oxygens (including phenoxy) is 1. The van der Waals surface area contributed by atoms with E-state index in [0.717, 1.165) is 5.56 Å². The summed E-state index contributed by atoms with van der Waals surface area (Å²) in [5.74, 6) is -1.17. The largest absolute Gasteiger partial charge is 0.481 e. The van der Waals surface area contributed by atoms with Crippen molar-refractivity contribution in [2.75, 3.05) is 13.1 Å². The number of carboxylic acids is 1. The molecule has 0 aliphatic carbocycles. The SMILES string of the molecule is C[C@@H]1C[C@@H](C(=O)O)CN(C(=O)OCc2ccccc2)C1. The predicted octanol–water partition coefficient (Wildman–Crippen LogP) is 2.37. The average molecular weight is 277 g/mol. The molecule has 1 fully saturated rings. The van der Waals surface area contributed by atoms with E-state index in [-0.39, 0.29) is 19.1 Å². The molecule has 1 aromatic carbocycles. The van der Waals surface area contributed by atoms with Crippen LogP contribution < -0.4 is 0 Å². The van der Waals surface area contributed by atoms with Gasteiger partial charge in [0.1, 0.15) is 6.61 Å². The normalized spacial score (nSPS) is 22.4. The Kier molecular flexibility index (Phi) is 4.61. The molecule has 0 bridgehead atoms. The second-order valence-electron chi connectivity index (χ2n) is 5.32. The Bertz CT molecular complexity index is 474. The smallest absolute Gasteiger partial charge is 0.410 e. The van der Waals surface area contributed by atoms with Gasteiger partial charge in [-0.25, -0.2) is 4.79 Å². The molecular weight excluding hydrogens is 258 g/mol. The van der Waals surface area contributed by atoms with Crippen molar-refractivity contribution >= 4 is 12.1 Å². The van der Waals surface area contributed by atoms with E-state index in [1.807, 2.05) is 37.3 Å². The lowest BCUT2D eigenvalue weighted by Gasteiger charge is -2.33. The summed E-state index contributed by atoms with van der Waals surface area (Å²) in [4.78, 5) is 24.6. The van der Waals surface area contributed by atoms with Crippen LogP contribution in [0.2, 0.25) is 0 Å². The van der Waals surface area contributed by atoms with Gasteiger partial charge in [0.15, 0.2) is 0 Å². The number of benzene rings is 1. The summed E-state index contributed by atoms with van der Waals surface area (Å²) in [6, 6.07) is 9.42. The van der Waals surface area contributed by atoms with Gasteiger partial charge in [-0.2, -0.15) is 0 Å². The first-order valence-corrected chi connectivity index (χ1v) is 6.74. The van der Waals surface area contributed by atoms with Gasteiger partial charge in [0.2, 0.25) is 0 Å². The molecule has 0 radical (unpaired) electrons. The monoisotopic (exact) mass is 277 g/mol. The highest BCUT2D eigenvalue weighted by Crippen LogP contribution is 2.22. The molecule has 0 spiro atoms. The van der Waals surface area contributed by atoms with Crippen LogP contribution in [-0.2, 0) is 16.1 Å². The number of rotatable bonds is 3. The summed E-state index contributed by atoms with van der Waals surface area (Å²) in [5.41, 5.74) is 0.917. The number of likely N-dealkylation sites (tertiary alicyclic amines) is 1. The number of piperidine rings is 1. The topological polar surface area (TPSA) is 66.8 Å². The molecular formula is C15H19NO4. The Morgan fingerprint density at radius 1 is 1.30 bits per heavy atom. The number of carbonyl (C=O) groups is 2. The second kappa shape index (κ2) is 6.41. The molecule has 1 amide bonds. The molecule has 5 nitrogen and oxygen atoms in total. The van der Waals surface area contributed by atoms with Crippen LogP contribution in [0, 0.1) is 11.8 Å². The van der Waals surface area contributed by atoms with Gasteiger partial charge < -0.3 is 14.7 Å². The summed E-state index contributed by atoms with van der Waals surface area (Å²) in [5, 5.41) is 9.08. The maximum atomic E-state index is 12.0. The van der Waals surface area contributed by atoms with Crippen molar-refractivity contribution in [2.45, 2.75) is 20.0 Å². The zero-order chi connectivity index (χ0) is 14.5. The number of hydrogen-bond donors (Lipinski definition) is 1. The molecule has 1 saturated heterocycles. The van der Waals surface area contributed by atoms with Crippen LogP contribution in [0.3, 0.4) is 0 Å². The molecule has 108 valence electrons.